The predicted octanol–water partition coefficient (Wildman–Crippen LogP) is 4.29. The topological polar surface area (TPSA) is 67.0 Å². The predicted molar refractivity (Wildman–Crippen MR) is 106 cm³/mol. The fourth-order valence-electron chi connectivity index (χ4n) is 3.60. The maximum Gasteiger partial charge on any atom is 0.259 e. The van der Waals surface area contributed by atoms with Gasteiger partial charge in [0.25, 0.3) is 5.56 Å². The van der Waals surface area contributed by atoms with Crippen molar-refractivity contribution in [2.24, 2.45) is 5.92 Å². The van der Waals surface area contributed by atoms with Crippen LogP contribution in [0.25, 0.3) is 10.2 Å². The highest BCUT2D eigenvalue weighted by atomic mass is 32.1. The molecule has 1 aliphatic carbocycles. The molecular weight excluding hydrogens is 346 g/mol. The number of rotatable bonds is 4. The van der Waals surface area contributed by atoms with Gasteiger partial charge in [0.2, 0.25) is 0 Å². The van der Waals surface area contributed by atoms with Crippen LogP contribution in [0.15, 0.2) is 29.1 Å². The first-order valence-electron chi connectivity index (χ1n) is 9.00. The number of thiophene rings is 1. The lowest BCUT2D eigenvalue weighted by atomic mass is 9.89. The molecule has 0 aliphatic heterocycles. The zero-order valence-electron chi connectivity index (χ0n) is 15.3. The van der Waals surface area contributed by atoms with Gasteiger partial charge in [0.1, 0.15) is 16.4 Å². The summed E-state index contributed by atoms with van der Waals surface area (Å²) < 4.78 is 5.26. The number of benzene rings is 1. The Balaban J connectivity index is 1.67. The molecule has 1 aliphatic rings. The third kappa shape index (κ3) is 3.09. The van der Waals surface area contributed by atoms with Crippen LogP contribution in [0.1, 0.15) is 42.6 Å². The summed E-state index contributed by atoms with van der Waals surface area (Å²) in [5, 5.41) is 4.19. The van der Waals surface area contributed by atoms with Crippen molar-refractivity contribution in [2.75, 3.05) is 12.4 Å². The molecule has 4 rings (SSSR count). The van der Waals surface area contributed by atoms with E-state index >= 15 is 0 Å². The molecule has 2 heterocycles. The second-order valence-corrected chi connectivity index (χ2v) is 8.16. The molecule has 0 radical (unpaired) electrons. The average molecular weight is 369 g/mol. The van der Waals surface area contributed by atoms with E-state index in [1.54, 1.807) is 18.4 Å². The molecule has 0 unspecified atom stereocenters. The van der Waals surface area contributed by atoms with E-state index in [1.165, 1.54) is 10.4 Å². The van der Waals surface area contributed by atoms with Crippen LogP contribution in [0, 0.1) is 5.92 Å². The summed E-state index contributed by atoms with van der Waals surface area (Å²) in [4.78, 5) is 22.7. The fraction of sp³-hybridized carbons (Fsp3) is 0.400. The minimum atomic E-state index is -0.114. The van der Waals surface area contributed by atoms with Crippen molar-refractivity contribution in [1.29, 1.82) is 0 Å². The van der Waals surface area contributed by atoms with E-state index in [-0.39, 0.29) is 11.6 Å². The van der Waals surface area contributed by atoms with Crippen molar-refractivity contribution in [3.05, 3.63) is 50.9 Å². The molecule has 2 N–H and O–H groups in total. The Bertz CT molecular complexity index is 1010. The van der Waals surface area contributed by atoms with Gasteiger partial charge in [-0.15, -0.1) is 11.3 Å². The Morgan fingerprint density at radius 2 is 2.27 bits per heavy atom. The molecule has 0 bridgehead atoms. The van der Waals surface area contributed by atoms with Crippen molar-refractivity contribution in [2.45, 2.75) is 39.2 Å². The number of aryl methyl sites for hydroxylation is 1. The van der Waals surface area contributed by atoms with Gasteiger partial charge in [-0.2, -0.15) is 0 Å². The molecule has 26 heavy (non-hydrogen) atoms. The zero-order valence-corrected chi connectivity index (χ0v) is 16.1. The van der Waals surface area contributed by atoms with Crippen LogP contribution < -0.4 is 15.6 Å². The van der Waals surface area contributed by atoms with Crippen molar-refractivity contribution in [3.63, 3.8) is 0 Å². The van der Waals surface area contributed by atoms with Crippen LogP contribution in [0.4, 0.5) is 5.69 Å². The van der Waals surface area contributed by atoms with Crippen molar-refractivity contribution in [3.8, 4) is 5.75 Å². The van der Waals surface area contributed by atoms with E-state index in [0.29, 0.717) is 11.7 Å². The SMILES string of the molecule is COc1cccc(N[C@@H](C)c2nc3sc4c(c3c(=O)[nH]2)CC[C@@H](C)C4)c1. The molecule has 6 heteroatoms. The fourth-order valence-corrected chi connectivity index (χ4v) is 4.99. The molecule has 136 valence electrons. The number of aromatic nitrogens is 2. The third-order valence-corrected chi connectivity index (χ3v) is 6.20. The minimum absolute atomic E-state index is 0.0173. The highest BCUT2D eigenvalue weighted by Crippen LogP contribution is 2.36. The van der Waals surface area contributed by atoms with Gasteiger partial charge in [0, 0.05) is 16.6 Å². The molecule has 0 amide bonds. The summed E-state index contributed by atoms with van der Waals surface area (Å²) in [6.07, 6.45) is 3.19. The van der Waals surface area contributed by atoms with Crippen molar-refractivity contribution < 1.29 is 4.74 Å². The van der Waals surface area contributed by atoms with Gasteiger partial charge in [-0.3, -0.25) is 4.79 Å². The summed E-state index contributed by atoms with van der Waals surface area (Å²) in [5.74, 6) is 2.14. The van der Waals surface area contributed by atoms with E-state index in [2.05, 4.69) is 17.2 Å². The van der Waals surface area contributed by atoms with E-state index in [4.69, 9.17) is 9.72 Å². The van der Waals surface area contributed by atoms with Crippen LogP contribution in [0.2, 0.25) is 0 Å². The van der Waals surface area contributed by atoms with Gasteiger partial charge in [-0.05, 0) is 49.8 Å². The van der Waals surface area contributed by atoms with Crippen molar-refractivity contribution >= 4 is 27.2 Å². The first kappa shape index (κ1) is 17.1. The standard InChI is InChI=1S/C20H23N3O2S/c1-11-7-8-15-16(9-11)26-20-17(15)19(24)22-18(23-20)12(2)21-13-5-4-6-14(10-13)25-3/h4-6,10-12,21H,7-9H2,1-3H3,(H,22,23,24)/t11-,12+/m1/s1. The molecule has 2 atom stereocenters. The van der Waals surface area contributed by atoms with E-state index < -0.39 is 0 Å². The highest BCUT2D eigenvalue weighted by molar-refractivity contribution is 7.18. The maximum atomic E-state index is 12.7. The molecule has 5 nitrogen and oxygen atoms in total. The normalized spacial score (nSPS) is 17.7. The van der Waals surface area contributed by atoms with E-state index in [1.807, 2.05) is 31.2 Å². The lowest BCUT2D eigenvalue weighted by Gasteiger charge is -2.17. The molecule has 1 aromatic carbocycles. The van der Waals surface area contributed by atoms with Crippen LogP contribution in [-0.4, -0.2) is 17.1 Å². The van der Waals surface area contributed by atoms with E-state index in [0.717, 1.165) is 40.9 Å². The first-order valence-corrected chi connectivity index (χ1v) is 9.82. The summed E-state index contributed by atoms with van der Waals surface area (Å²) in [7, 11) is 1.65. The van der Waals surface area contributed by atoms with Gasteiger partial charge >= 0.3 is 0 Å². The number of anilines is 1. The molecular formula is C20H23N3O2S. The monoisotopic (exact) mass is 369 g/mol. The molecule has 0 saturated carbocycles. The first-order chi connectivity index (χ1) is 12.5. The van der Waals surface area contributed by atoms with E-state index in [9.17, 15) is 4.79 Å². The Morgan fingerprint density at radius 1 is 1.42 bits per heavy atom. The molecule has 2 aromatic heterocycles. The number of ether oxygens (including phenoxy) is 1. The van der Waals surface area contributed by atoms with Crippen LogP contribution in [-0.2, 0) is 12.8 Å². The summed E-state index contributed by atoms with van der Waals surface area (Å²) in [5.41, 5.74) is 2.13. The zero-order chi connectivity index (χ0) is 18.3. The average Bonchev–Trinajstić information content (AvgIpc) is 2.99. The Labute approximate surface area is 156 Å². The van der Waals surface area contributed by atoms with Gasteiger partial charge in [-0.1, -0.05) is 13.0 Å². The number of nitrogens with one attached hydrogen (secondary N) is 2. The van der Waals surface area contributed by atoms with Crippen LogP contribution in [0.3, 0.4) is 0 Å². The number of aromatic amines is 1. The van der Waals surface area contributed by atoms with Crippen LogP contribution >= 0.6 is 11.3 Å². The Kier molecular flexibility index (Phi) is 4.44. The Morgan fingerprint density at radius 3 is 3.08 bits per heavy atom. The van der Waals surface area contributed by atoms with Crippen molar-refractivity contribution in [1.82, 2.24) is 9.97 Å². The Hall–Kier alpha value is -2.34. The quantitative estimate of drug-likeness (QED) is 0.720. The number of fused-ring (bicyclic) bond motifs is 3. The minimum Gasteiger partial charge on any atom is -0.497 e. The molecule has 3 aromatic rings. The maximum absolute atomic E-state index is 12.7. The number of hydrogen-bond donors (Lipinski definition) is 2. The van der Waals surface area contributed by atoms with Gasteiger partial charge in [0.05, 0.1) is 18.5 Å². The highest BCUT2D eigenvalue weighted by Gasteiger charge is 2.23. The number of methoxy groups -OCH3 is 1. The summed E-state index contributed by atoms with van der Waals surface area (Å²) in [6, 6.07) is 7.62. The lowest BCUT2D eigenvalue weighted by molar-refractivity contribution is 0.415. The molecule has 0 fully saturated rings. The smallest absolute Gasteiger partial charge is 0.259 e. The second kappa shape index (κ2) is 6.76. The van der Waals surface area contributed by atoms with Crippen LogP contribution in [0.5, 0.6) is 5.75 Å². The van der Waals surface area contributed by atoms with Gasteiger partial charge in [0.15, 0.2) is 0 Å². The number of hydrogen-bond acceptors (Lipinski definition) is 5. The molecule has 0 spiro atoms. The number of nitrogens with zero attached hydrogens (tertiary/aromatic N) is 1. The summed E-state index contributed by atoms with van der Waals surface area (Å²) in [6.45, 7) is 4.27. The molecule has 0 saturated heterocycles. The van der Waals surface area contributed by atoms with Gasteiger partial charge in [-0.25, -0.2) is 4.98 Å². The van der Waals surface area contributed by atoms with Gasteiger partial charge < -0.3 is 15.0 Å². The second-order valence-electron chi connectivity index (χ2n) is 7.08. The largest absolute Gasteiger partial charge is 0.497 e. The number of H-pyrrole nitrogens is 1. The summed E-state index contributed by atoms with van der Waals surface area (Å²) >= 11 is 1.68. The lowest BCUT2D eigenvalue weighted by Crippen LogP contribution is -2.18. The third-order valence-electron chi connectivity index (χ3n) is 5.05.